The van der Waals surface area contributed by atoms with Crippen LogP contribution in [-0.2, 0) is 103 Å². The Labute approximate surface area is 851 Å². The molecule has 11 heteroatoms. The van der Waals surface area contributed by atoms with Crippen LogP contribution in [0.15, 0.2) is 170 Å². The van der Waals surface area contributed by atoms with E-state index in [0.29, 0.717) is 45.0 Å². The molecule has 16 rings (SSSR count). The van der Waals surface area contributed by atoms with Crippen LogP contribution in [0.3, 0.4) is 0 Å². The largest absolute Gasteiger partial charge is 2.00 e. The zero-order valence-electron chi connectivity index (χ0n) is 90.2. The topological polar surface area (TPSA) is 125 Å². The standard InChI is InChI=1S/C128H148N8O.2Ni/c1-73(137)128(38,94-71-108-114(78-59-88(124(26,27)28)67-89(60-78)125(29,30)31)104-49-47-102(133-104)112(76-55-84(120(14,15)16)65-85(56-76)121(17,18)19)100-45-43-98(131-100)110(96-41-39-92(129-96)69-106(94)135-108)74-51-80(116(2,3)4)63-81(52-74)117(5,6)7)95-72-109-115(79-61-90(126(32,33)34)68-91(62-79)127(35,36)37)105-50-48-103(134-105)113(77-57-86(122(20,21)22)66-87(58-77)123(23,24)25)101-46-44-99(132-101)111(97-42-40-93(130-97)70-107(95)136-109)75-53-82(118(8,9)10)64-83(54-75)119(11,12)13;;/h39-72H,1-38H3;;/q-4;2*+2. The minimum atomic E-state index is -1.55. The zero-order chi connectivity index (χ0) is 100. The van der Waals surface area contributed by atoms with Crippen molar-refractivity contribution < 1.29 is 37.8 Å². The van der Waals surface area contributed by atoms with Gasteiger partial charge in [-0.3, -0.25) is 4.79 Å². The molecule has 139 heavy (non-hydrogen) atoms. The Morgan fingerprint density at radius 3 is 0.547 bits per heavy atom. The van der Waals surface area contributed by atoms with E-state index in [0.717, 1.165) is 123 Å². The molecule has 0 radical (unpaired) electrons. The Bertz CT molecular complexity index is 6830. The zero-order valence-corrected chi connectivity index (χ0v) is 92.2. The number of Topliss-reactive ketones (excluding diaryl/α,β-unsaturated/α-hetero) is 1. The van der Waals surface area contributed by atoms with Crippen LogP contribution in [0.25, 0.3) is 158 Å². The van der Waals surface area contributed by atoms with Gasteiger partial charge in [-0.25, -0.2) is 19.9 Å². The molecule has 0 amide bonds. The summed E-state index contributed by atoms with van der Waals surface area (Å²) in [5, 5.41) is 0. The third kappa shape index (κ3) is 20.8. The van der Waals surface area contributed by atoms with E-state index in [1.807, 2.05) is 0 Å². The summed E-state index contributed by atoms with van der Waals surface area (Å²) in [6.45, 7) is 86.6. The number of nitrogens with zero attached hydrogens (tertiary/aromatic N) is 8. The summed E-state index contributed by atoms with van der Waals surface area (Å²) in [5.74, 6) is -0.120. The molecule has 0 saturated carbocycles. The van der Waals surface area contributed by atoms with E-state index in [2.05, 4.69) is 462 Å². The number of aromatic nitrogens is 8. The van der Waals surface area contributed by atoms with Gasteiger partial charge in [-0.15, -0.1) is 44.1 Å². The van der Waals surface area contributed by atoms with Crippen molar-refractivity contribution in [2.24, 2.45) is 5.41 Å². The van der Waals surface area contributed by atoms with Crippen LogP contribution in [-0.4, -0.2) is 25.7 Å². The predicted molar refractivity (Wildman–Crippen MR) is 587 cm³/mol. The molecule has 0 spiro atoms. The fraction of sp³-hybridized carbons (Fsp3) is 0.398. The first-order valence-electron chi connectivity index (χ1n) is 49.7. The van der Waals surface area contributed by atoms with Crippen molar-refractivity contribution >= 4 is 97.5 Å². The van der Waals surface area contributed by atoms with Gasteiger partial charge >= 0.3 is 33.0 Å². The maximum absolute atomic E-state index is 17.0. The minimum Gasteiger partial charge on any atom is -0.657 e. The summed E-state index contributed by atoms with van der Waals surface area (Å²) in [7, 11) is 0. The van der Waals surface area contributed by atoms with Crippen LogP contribution in [0.1, 0.15) is 375 Å². The Kier molecular flexibility index (Phi) is 26.7. The maximum atomic E-state index is 17.0. The molecule has 0 aliphatic carbocycles. The van der Waals surface area contributed by atoms with Crippen molar-refractivity contribution in [2.75, 3.05) is 0 Å². The van der Waals surface area contributed by atoms with Crippen molar-refractivity contribution in [3.8, 4) is 66.8 Å². The van der Waals surface area contributed by atoms with Gasteiger partial charge in [0.15, 0.2) is 0 Å². The van der Waals surface area contributed by atoms with Crippen LogP contribution in [0.4, 0.5) is 0 Å². The maximum Gasteiger partial charge on any atom is 2.00 e. The Morgan fingerprint density at radius 1 is 0.209 bits per heavy atom. The number of hydrogen-bond donors (Lipinski definition) is 0. The van der Waals surface area contributed by atoms with Crippen molar-refractivity contribution in [1.82, 2.24) is 39.9 Å². The molecule has 4 aliphatic rings. The Morgan fingerprint density at radius 2 is 0.374 bits per heavy atom. The summed E-state index contributed by atoms with van der Waals surface area (Å²) < 4.78 is 0. The van der Waals surface area contributed by atoms with Crippen molar-refractivity contribution in [2.45, 2.75) is 328 Å². The van der Waals surface area contributed by atoms with E-state index in [-0.39, 0.29) is 104 Å². The van der Waals surface area contributed by atoms with Gasteiger partial charge in [0.25, 0.3) is 0 Å². The second-order valence-electron chi connectivity index (χ2n) is 52.3. The van der Waals surface area contributed by atoms with E-state index in [1.165, 1.54) is 66.8 Å². The molecular formula is C128H148N8Ni2O. The van der Waals surface area contributed by atoms with E-state index in [4.69, 9.17) is 39.9 Å². The number of carbonyl (C=O) groups is 1. The minimum absolute atomic E-state index is 0. The van der Waals surface area contributed by atoms with Crippen molar-refractivity contribution in [3.05, 3.63) is 282 Å². The normalized spacial score (nSPS) is 13.9. The molecule has 0 N–H and O–H groups in total. The summed E-state index contributed by atoms with van der Waals surface area (Å²) in [6, 6.07) is 64.2. The quantitative estimate of drug-likeness (QED) is 0.130. The van der Waals surface area contributed by atoms with Gasteiger partial charge in [-0.1, -0.05) is 419 Å². The third-order valence-corrected chi connectivity index (χ3v) is 28.6. The van der Waals surface area contributed by atoms with Crippen LogP contribution < -0.4 is 19.9 Å². The number of hydrogen-bond acceptors (Lipinski definition) is 5. The first-order valence-corrected chi connectivity index (χ1v) is 49.7. The fourth-order valence-electron chi connectivity index (χ4n) is 19.1. The van der Waals surface area contributed by atoms with Crippen LogP contribution >= 0.6 is 0 Å². The van der Waals surface area contributed by atoms with Crippen molar-refractivity contribution in [3.63, 3.8) is 0 Å². The molecule has 726 valence electrons. The second kappa shape index (κ2) is 35.7. The van der Waals surface area contributed by atoms with Gasteiger partial charge in [0, 0.05) is 0 Å². The summed E-state index contributed by atoms with van der Waals surface area (Å²) >= 11 is 0. The van der Waals surface area contributed by atoms with Gasteiger partial charge in [-0.05, 0) is 260 Å². The molecule has 0 atom stereocenters. The predicted octanol–water partition coefficient (Wildman–Crippen LogP) is 33.7. The van der Waals surface area contributed by atoms with Crippen LogP contribution in [0, 0.1) is 5.41 Å². The average Bonchev–Trinajstić information content (AvgIpc) is 1.57. The van der Waals surface area contributed by atoms with Crippen LogP contribution in [0.5, 0.6) is 0 Å². The van der Waals surface area contributed by atoms with Gasteiger partial charge < -0.3 is 19.9 Å². The Balaban J connectivity index is 0.00000770. The molecule has 10 heterocycles. The molecular weight excluding hydrogens is 1780 g/mol. The fourth-order valence-corrected chi connectivity index (χ4v) is 19.1. The number of allylic oxidation sites excluding steroid dienone is 2. The summed E-state index contributed by atoms with van der Waals surface area (Å²) in [6.07, 6.45) is 13.2. The van der Waals surface area contributed by atoms with Gasteiger partial charge in [-0.2, -0.15) is 0 Å². The first-order chi connectivity index (χ1) is 63.0. The number of fused-ring (bicyclic) bond motifs is 16. The molecule has 0 saturated heterocycles. The number of rotatable bonds is 9. The molecule has 6 aromatic heterocycles. The van der Waals surface area contributed by atoms with E-state index in [1.54, 1.807) is 6.92 Å². The average molecular weight is 1930 g/mol. The molecule has 9 nitrogen and oxygen atoms in total. The third-order valence-electron chi connectivity index (χ3n) is 28.6. The SMILES string of the molecule is CC(=O)C(C)(C1=Cc2nc1cc1ccc([n-]1)c(-c1cc(C(C)(C)C)cc(C(C)(C)C)c1)c1nc(c(-c3cc(C(C)(C)C)cc(C(C)(C)C)c3)c3ccc([n-]3)c2-c2cc(C(C)(C)C)cc(C(C)(C)C)c2)C=C1)C1=Cc2nc1cc1ccc([n-]1)c(-c1cc(C(C)(C)C)cc(C(C)(C)C)c1)c1nc(c(-c3cc(C(C)(C)C)cc(C(C)(C)C)c3)c3ccc([n-]3)c2-c2cc(C(C)(C)C)cc(C(C)(C)C)c2)C=C1.[Ni+2].[Ni+2]. The van der Waals surface area contributed by atoms with Gasteiger partial charge in [0.05, 0.1) is 51.0 Å². The second-order valence-corrected chi connectivity index (χ2v) is 52.3. The number of ketones is 1. The van der Waals surface area contributed by atoms with Gasteiger partial charge in [0.2, 0.25) is 0 Å². The number of benzene rings is 6. The van der Waals surface area contributed by atoms with E-state index < -0.39 is 5.41 Å². The van der Waals surface area contributed by atoms with Crippen LogP contribution in [0.2, 0.25) is 0 Å². The van der Waals surface area contributed by atoms with Crippen molar-refractivity contribution in [1.29, 1.82) is 0 Å². The van der Waals surface area contributed by atoms with E-state index >= 15 is 4.79 Å². The first kappa shape index (κ1) is 104. The number of carbonyl (C=O) groups excluding carboxylic acids is 1. The molecule has 0 unspecified atom stereocenters. The molecule has 12 aromatic rings. The smallest absolute Gasteiger partial charge is 0.657 e. The molecule has 0 fully saturated rings. The summed E-state index contributed by atoms with van der Waals surface area (Å²) in [5.41, 5.74) is 34.0. The Hall–Kier alpha value is -10.8. The monoisotopic (exact) mass is 1930 g/mol. The molecule has 4 aliphatic heterocycles. The molecule has 16 bridgehead atoms. The van der Waals surface area contributed by atoms with E-state index in [9.17, 15) is 0 Å². The van der Waals surface area contributed by atoms with Gasteiger partial charge in [0.1, 0.15) is 5.78 Å². The summed E-state index contributed by atoms with van der Waals surface area (Å²) in [4.78, 5) is 65.0. The molecule has 6 aromatic carbocycles.